The number of benzene rings is 4. The molecule has 0 amide bonds. The number of unbranched alkanes of at least 4 members (excludes halogenated alkanes) is 2. The highest BCUT2D eigenvalue weighted by molar-refractivity contribution is 5.79. The van der Waals surface area contributed by atoms with Crippen molar-refractivity contribution in [3.05, 3.63) is 144 Å². The molecule has 6 rings (SSSR count). The summed E-state index contributed by atoms with van der Waals surface area (Å²) in [6.07, 6.45) is 2.05. The van der Waals surface area contributed by atoms with Crippen molar-refractivity contribution < 1.29 is 28.8 Å². The molecule has 0 spiro atoms. The van der Waals surface area contributed by atoms with Crippen LogP contribution in [-0.2, 0) is 50.0 Å². The minimum atomic E-state index is -1.32. The number of aromatic nitrogens is 1. The lowest BCUT2D eigenvalue weighted by molar-refractivity contribution is -0.360. The maximum Gasteiger partial charge on any atom is 0.187 e. The number of ether oxygens (including phenoxy) is 5. The summed E-state index contributed by atoms with van der Waals surface area (Å²) >= 11 is 0. The minimum Gasteiger partial charge on any atom is -0.379 e. The summed E-state index contributed by atoms with van der Waals surface area (Å²) in [5.74, 6) is 0. The van der Waals surface area contributed by atoms with E-state index < -0.39 is 30.2 Å². The van der Waals surface area contributed by atoms with Crippen molar-refractivity contribution in [2.45, 2.75) is 82.3 Å². The van der Waals surface area contributed by atoms with E-state index in [1.807, 2.05) is 103 Å². The maximum atomic E-state index is 12.2. The molecule has 50 heavy (non-hydrogen) atoms. The molecule has 1 saturated heterocycles. The Bertz CT molecular complexity index is 1680. The van der Waals surface area contributed by atoms with Gasteiger partial charge >= 0.3 is 0 Å². The smallest absolute Gasteiger partial charge is 0.187 e. The second-order valence-electron chi connectivity index (χ2n) is 13.0. The second-order valence-corrected chi connectivity index (χ2v) is 13.0. The molecule has 4 aromatic carbocycles. The van der Waals surface area contributed by atoms with E-state index in [0.717, 1.165) is 46.9 Å². The van der Waals surface area contributed by atoms with E-state index in [2.05, 4.69) is 29.0 Å². The molecule has 8 heteroatoms. The van der Waals surface area contributed by atoms with Crippen molar-refractivity contribution in [2.75, 3.05) is 19.8 Å². The summed E-state index contributed by atoms with van der Waals surface area (Å²) in [7, 11) is 0. The summed E-state index contributed by atoms with van der Waals surface area (Å²) in [6.45, 7) is 2.92. The molecule has 2 heterocycles. The van der Waals surface area contributed by atoms with Gasteiger partial charge in [0.25, 0.3) is 0 Å². The standard InChI is InChI=1S/C42H50N2O6/c43-25-13-4-14-28-46-32-38-39(47-29-33-15-5-1-6-16-33)40(48-30-34-17-7-2-8-18-34)42(41(45)50-38,49-31-35-19-9-3-10-20-35)24-27-44-26-23-36-21-11-12-22-37(36)44/h1-3,5-12,15-23,26,38-41,45H,4,13-14,24-25,27-32,43H2/t38-,39-,40+,41-,42-/m1/s1. The summed E-state index contributed by atoms with van der Waals surface area (Å²) in [6, 6.07) is 40.5. The number of hydrogen-bond acceptors (Lipinski definition) is 7. The van der Waals surface area contributed by atoms with Crippen LogP contribution in [0.3, 0.4) is 0 Å². The van der Waals surface area contributed by atoms with Gasteiger partial charge in [-0.1, -0.05) is 109 Å². The molecule has 0 bridgehead atoms. The molecular formula is C42H50N2O6. The van der Waals surface area contributed by atoms with E-state index in [9.17, 15) is 5.11 Å². The van der Waals surface area contributed by atoms with Crippen LogP contribution >= 0.6 is 0 Å². The molecule has 5 aromatic rings. The number of fused-ring (bicyclic) bond motifs is 1. The molecule has 1 aromatic heterocycles. The van der Waals surface area contributed by atoms with Gasteiger partial charge in [-0.3, -0.25) is 0 Å². The molecule has 0 unspecified atom stereocenters. The predicted octanol–water partition coefficient (Wildman–Crippen LogP) is 7.02. The fraction of sp³-hybridized carbons (Fsp3) is 0.381. The molecule has 3 N–H and O–H groups in total. The lowest BCUT2D eigenvalue weighted by Crippen LogP contribution is -2.69. The molecule has 5 atom stereocenters. The van der Waals surface area contributed by atoms with Crippen molar-refractivity contribution in [1.29, 1.82) is 0 Å². The molecule has 0 radical (unpaired) electrons. The highest BCUT2D eigenvalue weighted by atomic mass is 16.7. The Kier molecular flexibility index (Phi) is 13.2. The summed E-state index contributed by atoms with van der Waals surface area (Å²) < 4.78 is 35.5. The van der Waals surface area contributed by atoms with Gasteiger partial charge in [-0.05, 0) is 60.0 Å². The second kappa shape index (κ2) is 18.4. The first-order valence-electron chi connectivity index (χ1n) is 17.8. The van der Waals surface area contributed by atoms with Crippen molar-refractivity contribution in [1.82, 2.24) is 4.57 Å². The van der Waals surface area contributed by atoms with Gasteiger partial charge < -0.3 is 39.1 Å². The number of nitrogens with zero attached hydrogens (tertiary/aromatic N) is 1. The van der Waals surface area contributed by atoms with Crippen LogP contribution in [0.25, 0.3) is 10.9 Å². The minimum absolute atomic E-state index is 0.237. The van der Waals surface area contributed by atoms with Crippen molar-refractivity contribution in [3.63, 3.8) is 0 Å². The summed E-state index contributed by atoms with van der Waals surface area (Å²) in [5, 5.41) is 13.3. The van der Waals surface area contributed by atoms with Gasteiger partial charge in [0.1, 0.15) is 23.9 Å². The Morgan fingerprint density at radius 3 is 2.00 bits per heavy atom. The van der Waals surface area contributed by atoms with Crippen LogP contribution in [0.15, 0.2) is 128 Å². The molecule has 0 saturated carbocycles. The summed E-state index contributed by atoms with van der Waals surface area (Å²) in [5.41, 5.74) is 8.53. The van der Waals surface area contributed by atoms with E-state index >= 15 is 0 Å². The fourth-order valence-corrected chi connectivity index (χ4v) is 6.70. The molecule has 0 aliphatic carbocycles. The zero-order valence-electron chi connectivity index (χ0n) is 28.7. The lowest BCUT2D eigenvalue weighted by Gasteiger charge is -2.52. The van der Waals surface area contributed by atoms with Gasteiger partial charge in [0.2, 0.25) is 0 Å². The van der Waals surface area contributed by atoms with Gasteiger partial charge in [-0.25, -0.2) is 0 Å². The van der Waals surface area contributed by atoms with E-state index in [0.29, 0.717) is 39.3 Å². The van der Waals surface area contributed by atoms with E-state index in [1.54, 1.807) is 0 Å². The quantitative estimate of drug-likeness (QED) is 0.0907. The number of aryl methyl sites for hydroxylation is 1. The van der Waals surface area contributed by atoms with E-state index in [1.165, 1.54) is 0 Å². The topological polar surface area (TPSA) is 97.3 Å². The highest BCUT2D eigenvalue weighted by Gasteiger charge is 2.58. The molecule has 1 fully saturated rings. The monoisotopic (exact) mass is 678 g/mol. The van der Waals surface area contributed by atoms with Gasteiger partial charge in [-0.2, -0.15) is 0 Å². The van der Waals surface area contributed by atoms with Gasteiger partial charge in [-0.15, -0.1) is 0 Å². The first kappa shape index (κ1) is 35.9. The fourth-order valence-electron chi connectivity index (χ4n) is 6.70. The number of rotatable bonds is 19. The third-order valence-corrected chi connectivity index (χ3v) is 9.47. The molecular weight excluding hydrogens is 628 g/mol. The van der Waals surface area contributed by atoms with Gasteiger partial charge in [0.05, 0.1) is 26.4 Å². The number of aliphatic hydroxyl groups excluding tert-OH is 1. The van der Waals surface area contributed by atoms with Crippen LogP contribution < -0.4 is 5.73 Å². The van der Waals surface area contributed by atoms with E-state index in [4.69, 9.17) is 29.4 Å². The Labute approximate surface area is 295 Å². The third-order valence-electron chi connectivity index (χ3n) is 9.47. The first-order chi connectivity index (χ1) is 24.7. The molecule has 264 valence electrons. The largest absolute Gasteiger partial charge is 0.379 e. The lowest BCUT2D eigenvalue weighted by atomic mass is 9.82. The van der Waals surface area contributed by atoms with Crippen LogP contribution in [-0.4, -0.2) is 59.6 Å². The Morgan fingerprint density at radius 2 is 1.32 bits per heavy atom. The number of nitrogens with two attached hydrogens (primary N) is 1. The third kappa shape index (κ3) is 9.27. The normalized spacial score (nSPS) is 22.2. The van der Waals surface area contributed by atoms with Crippen LogP contribution in [0.2, 0.25) is 0 Å². The Morgan fingerprint density at radius 1 is 0.700 bits per heavy atom. The maximum absolute atomic E-state index is 12.2. The SMILES string of the molecule is NCCCCCOC[C@H]1O[C@@H](O)[C@](CCn2ccc3ccccc32)(OCc2ccccc2)[C@@H](OCc2ccccc2)[C@@H]1OCc1ccccc1. The van der Waals surface area contributed by atoms with Crippen molar-refractivity contribution in [2.24, 2.45) is 5.73 Å². The zero-order valence-corrected chi connectivity index (χ0v) is 28.7. The Hall–Kier alpha value is -3.86. The molecule has 1 aliphatic heterocycles. The van der Waals surface area contributed by atoms with Gasteiger partial charge in [0.15, 0.2) is 6.29 Å². The summed E-state index contributed by atoms with van der Waals surface area (Å²) in [4.78, 5) is 0. The van der Waals surface area contributed by atoms with Crippen LogP contribution in [0, 0.1) is 0 Å². The first-order valence-corrected chi connectivity index (χ1v) is 17.8. The average molecular weight is 679 g/mol. The molecule has 8 nitrogen and oxygen atoms in total. The average Bonchev–Trinajstić information content (AvgIpc) is 3.58. The number of para-hydroxylation sites is 1. The van der Waals surface area contributed by atoms with Gasteiger partial charge in [0, 0.05) is 31.3 Å². The van der Waals surface area contributed by atoms with Crippen molar-refractivity contribution in [3.8, 4) is 0 Å². The van der Waals surface area contributed by atoms with Crippen molar-refractivity contribution >= 4 is 10.9 Å². The van der Waals surface area contributed by atoms with Crippen LogP contribution in [0.4, 0.5) is 0 Å². The molecule has 1 aliphatic rings. The van der Waals surface area contributed by atoms with E-state index in [-0.39, 0.29) is 13.2 Å². The number of hydrogen-bond donors (Lipinski definition) is 2. The Balaban J connectivity index is 1.35. The highest BCUT2D eigenvalue weighted by Crippen LogP contribution is 2.41. The zero-order chi connectivity index (χ0) is 34.4. The van der Waals surface area contributed by atoms with Crippen LogP contribution in [0.1, 0.15) is 42.4 Å². The number of aliphatic hydroxyl groups is 1. The predicted molar refractivity (Wildman–Crippen MR) is 195 cm³/mol. The van der Waals surface area contributed by atoms with Crippen LogP contribution in [0.5, 0.6) is 0 Å².